The van der Waals surface area contributed by atoms with Crippen LogP contribution >= 0.6 is 69.6 Å². The predicted octanol–water partition coefficient (Wildman–Crippen LogP) is 3.85. The van der Waals surface area contributed by atoms with Gasteiger partial charge in [-0.3, -0.25) is 14.8 Å². The average Bonchev–Trinajstić information content (AvgIpc) is 2.84. The number of halogens is 6. The van der Waals surface area contributed by atoms with Crippen molar-refractivity contribution < 1.29 is 14.8 Å². The van der Waals surface area contributed by atoms with Gasteiger partial charge in [0.15, 0.2) is 4.33 Å². The second-order valence-electron chi connectivity index (χ2n) is 6.51. The van der Waals surface area contributed by atoms with Crippen molar-refractivity contribution in [2.24, 2.45) is 23.7 Å². The number of nitrogens with zero attached hydrogens (tertiary/aromatic N) is 1. The number of hydrogen-bond acceptors (Lipinski definition) is 3. The third-order valence-electron chi connectivity index (χ3n) is 5.81. The number of alkyl halides is 4. The standard InChI is InChI=1S/C13H9Cl6NO3/c14-7-8(15)12(17)6-2-4-3(9(21)20(23)10(4)22)1-5(6)11(7,16)13(12,18)19/h3-6,23H,1-2H2/t3-,4-,5+,6+,11-,12-/m0/s1. The average molecular weight is 440 g/mol. The van der Waals surface area contributed by atoms with Crippen molar-refractivity contribution in [1.29, 1.82) is 0 Å². The number of hydroxylamine groups is 2. The van der Waals surface area contributed by atoms with E-state index in [1.807, 2.05) is 0 Å². The van der Waals surface area contributed by atoms with E-state index in [-0.39, 0.29) is 28.0 Å². The van der Waals surface area contributed by atoms with Crippen molar-refractivity contribution in [2.75, 3.05) is 0 Å². The van der Waals surface area contributed by atoms with Gasteiger partial charge in [0.05, 0.1) is 21.9 Å². The molecular formula is C13H9Cl6NO3. The van der Waals surface area contributed by atoms with E-state index in [1.165, 1.54) is 0 Å². The number of imide groups is 1. The van der Waals surface area contributed by atoms with Gasteiger partial charge in [-0.2, -0.15) is 5.06 Å². The second-order valence-corrected chi connectivity index (χ2v) is 9.79. The van der Waals surface area contributed by atoms with Gasteiger partial charge in [0.2, 0.25) is 0 Å². The summed E-state index contributed by atoms with van der Waals surface area (Å²) in [5, 5.41) is 9.93. The summed E-state index contributed by atoms with van der Waals surface area (Å²) >= 11 is 39.0. The Hall–Kier alpha value is 0.580. The molecule has 1 saturated heterocycles. The SMILES string of the molecule is O=C1[C@H]2C[C@@H]3[C@@H](C[C@@H]2C(=O)N1O)[C@]1(Cl)C(Cl)=C(Cl)[C@]3(Cl)C1(Cl)Cl. The highest BCUT2D eigenvalue weighted by Gasteiger charge is 2.83. The van der Waals surface area contributed by atoms with Crippen LogP contribution in [0.25, 0.3) is 0 Å². The van der Waals surface area contributed by atoms with Gasteiger partial charge in [-0.15, -0.1) is 23.2 Å². The van der Waals surface area contributed by atoms with Crippen molar-refractivity contribution >= 4 is 81.4 Å². The van der Waals surface area contributed by atoms with Gasteiger partial charge < -0.3 is 0 Å². The summed E-state index contributed by atoms with van der Waals surface area (Å²) < 4.78 is -1.67. The van der Waals surface area contributed by atoms with E-state index >= 15 is 0 Å². The molecule has 126 valence electrons. The van der Waals surface area contributed by atoms with Crippen LogP contribution in [-0.4, -0.2) is 36.2 Å². The molecule has 3 aliphatic carbocycles. The number of carbonyl (C=O) groups is 2. The van der Waals surface area contributed by atoms with Crippen LogP contribution < -0.4 is 0 Å². The molecule has 6 atom stereocenters. The molecule has 10 heteroatoms. The summed E-state index contributed by atoms with van der Waals surface area (Å²) in [6.07, 6.45) is 0.410. The first-order valence-corrected chi connectivity index (χ1v) is 9.16. The fraction of sp³-hybridized carbons (Fsp3) is 0.692. The summed E-state index contributed by atoms with van der Waals surface area (Å²) in [4.78, 5) is 21.3. The number of hydrogen-bond donors (Lipinski definition) is 1. The maximum atomic E-state index is 12.1. The number of rotatable bonds is 0. The number of fused-ring (bicyclic) bond motifs is 6. The summed E-state index contributed by atoms with van der Waals surface area (Å²) in [5.74, 6) is -3.53. The Bertz CT molecular complexity index is 641. The molecule has 3 fully saturated rings. The summed E-state index contributed by atoms with van der Waals surface area (Å²) in [6.45, 7) is 0. The molecule has 0 aromatic heterocycles. The maximum Gasteiger partial charge on any atom is 0.257 e. The van der Waals surface area contributed by atoms with Crippen LogP contribution in [0, 0.1) is 23.7 Å². The van der Waals surface area contributed by atoms with Gasteiger partial charge in [0.25, 0.3) is 11.8 Å². The molecule has 1 aliphatic heterocycles. The molecule has 1 N–H and O–H groups in total. The van der Waals surface area contributed by atoms with E-state index in [9.17, 15) is 14.8 Å². The molecule has 2 bridgehead atoms. The van der Waals surface area contributed by atoms with Crippen LogP contribution in [-0.2, 0) is 9.59 Å². The number of carbonyl (C=O) groups excluding carboxylic acids is 2. The fourth-order valence-corrected chi connectivity index (χ4v) is 7.81. The highest BCUT2D eigenvalue weighted by atomic mass is 35.5. The van der Waals surface area contributed by atoms with Gasteiger partial charge in [-0.05, 0) is 24.7 Å². The second kappa shape index (κ2) is 4.64. The topological polar surface area (TPSA) is 57.6 Å². The molecule has 0 aromatic carbocycles. The van der Waals surface area contributed by atoms with Crippen LogP contribution in [0.15, 0.2) is 10.1 Å². The lowest BCUT2D eigenvalue weighted by molar-refractivity contribution is -0.173. The quantitative estimate of drug-likeness (QED) is 0.354. The van der Waals surface area contributed by atoms with E-state index in [0.29, 0.717) is 0 Å². The van der Waals surface area contributed by atoms with Gasteiger partial charge in [0.1, 0.15) is 9.75 Å². The van der Waals surface area contributed by atoms with Crippen LogP contribution in [0.5, 0.6) is 0 Å². The van der Waals surface area contributed by atoms with E-state index in [1.54, 1.807) is 0 Å². The van der Waals surface area contributed by atoms with Crippen molar-refractivity contribution in [2.45, 2.75) is 26.9 Å². The minimum atomic E-state index is -1.67. The molecule has 4 aliphatic rings. The van der Waals surface area contributed by atoms with E-state index in [4.69, 9.17) is 69.6 Å². The minimum absolute atomic E-state index is 0.0816. The molecule has 0 radical (unpaired) electrons. The van der Waals surface area contributed by atoms with Crippen LogP contribution in [0.1, 0.15) is 12.8 Å². The summed E-state index contributed by atoms with van der Waals surface area (Å²) in [7, 11) is 0. The maximum absolute atomic E-state index is 12.1. The monoisotopic (exact) mass is 437 g/mol. The van der Waals surface area contributed by atoms with Crippen LogP contribution in [0.4, 0.5) is 0 Å². The molecule has 4 rings (SSSR count). The molecule has 4 nitrogen and oxygen atoms in total. The zero-order chi connectivity index (χ0) is 17.1. The largest absolute Gasteiger partial charge is 0.278 e. The van der Waals surface area contributed by atoms with Crippen molar-refractivity contribution in [3.05, 3.63) is 10.1 Å². The Kier molecular flexibility index (Phi) is 3.44. The first kappa shape index (κ1) is 17.0. The van der Waals surface area contributed by atoms with Gasteiger partial charge in [-0.1, -0.05) is 46.4 Å². The summed E-state index contributed by atoms with van der Waals surface area (Å²) in [5.41, 5.74) is 0. The van der Waals surface area contributed by atoms with E-state index in [0.717, 1.165) is 0 Å². The van der Waals surface area contributed by atoms with Crippen molar-refractivity contribution in [3.8, 4) is 0 Å². The third kappa shape index (κ3) is 1.55. The molecule has 23 heavy (non-hydrogen) atoms. The van der Waals surface area contributed by atoms with Gasteiger partial charge >= 0.3 is 0 Å². The number of amides is 2. The van der Waals surface area contributed by atoms with Crippen LogP contribution in [0.2, 0.25) is 0 Å². The smallest absolute Gasteiger partial charge is 0.257 e. The van der Waals surface area contributed by atoms with E-state index < -0.39 is 49.6 Å². The lowest BCUT2D eigenvalue weighted by Gasteiger charge is -2.42. The third-order valence-corrected chi connectivity index (χ3v) is 10.2. The Morgan fingerprint density at radius 1 is 0.870 bits per heavy atom. The van der Waals surface area contributed by atoms with Crippen LogP contribution in [0.3, 0.4) is 0 Å². The Morgan fingerprint density at radius 2 is 1.22 bits per heavy atom. The molecule has 0 spiro atoms. The molecule has 1 heterocycles. The lowest BCUT2D eigenvalue weighted by atomic mass is 9.65. The lowest BCUT2D eigenvalue weighted by Crippen LogP contribution is -2.44. The highest BCUT2D eigenvalue weighted by molar-refractivity contribution is 6.65. The predicted molar refractivity (Wildman–Crippen MR) is 87.2 cm³/mol. The van der Waals surface area contributed by atoms with Crippen molar-refractivity contribution in [1.82, 2.24) is 5.06 Å². The zero-order valence-corrected chi connectivity index (χ0v) is 15.7. The Morgan fingerprint density at radius 3 is 1.57 bits per heavy atom. The van der Waals surface area contributed by atoms with E-state index in [2.05, 4.69) is 0 Å². The molecule has 0 aromatic rings. The molecular weight excluding hydrogens is 431 g/mol. The first-order valence-electron chi connectivity index (χ1n) is 6.89. The van der Waals surface area contributed by atoms with Crippen molar-refractivity contribution in [3.63, 3.8) is 0 Å². The first-order chi connectivity index (χ1) is 10.5. The fourth-order valence-electron chi connectivity index (χ4n) is 4.70. The molecule has 0 unspecified atom stereocenters. The summed E-state index contributed by atoms with van der Waals surface area (Å²) in [6, 6.07) is 0. The normalized spacial score (nSPS) is 50.7. The Labute approximate surface area is 161 Å². The minimum Gasteiger partial charge on any atom is -0.278 e. The van der Waals surface area contributed by atoms with Gasteiger partial charge in [0, 0.05) is 0 Å². The Balaban J connectivity index is 1.86. The molecule has 2 saturated carbocycles. The molecule has 2 amide bonds. The van der Waals surface area contributed by atoms with Gasteiger partial charge in [-0.25, -0.2) is 0 Å². The zero-order valence-electron chi connectivity index (χ0n) is 11.2. The highest BCUT2D eigenvalue weighted by Crippen LogP contribution is 2.79. The number of allylic oxidation sites excluding steroid dienone is 2.